The average molecular weight is 520 g/mol. The minimum absolute atomic E-state index is 0.0900. The molecule has 0 aliphatic heterocycles. The molecule has 10 heteroatoms. The van der Waals surface area contributed by atoms with Crippen LogP contribution in [0.5, 0.6) is 5.75 Å². The van der Waals surface area contributed by atoms with E-state index < -0.39 is 0 Å². The molecule has 1 N–H and O–H groups in total. The number of methoxy groups -OCH3 is 1. The Morgan fingerprint density at radius 1 is 1.00 bits per heavy atom. The Kier molecular flexibility index (Phi) is 7.45. The third kappa shape index (κ3) is 5.62. The van der Waals surface area contributed by atoms with Crippen molar-refractivity contribution in [1.29, 1.82) is 0 Å². The summed E-state index contributed by atoms with van der Waals surface area (Å²) in [5.74, 6) is 1.15. The zero-order valence-corrected chi connectivity index (χ0v) is 20.3. The summed E-state index contributed by atoms with van der Waals surface area (Å²) in [5, 5.41) is 13.5. The summed E-state index contributed by atoms with van der Waals surface area (Å²) < 4.78 is 7.22. The van der Waals surface area contributed by atoms with E-state index in [-0.39, 0.29) is 11.7 Å². The van der Waals surface area contributed by atoms with Crippen LogP contribution in [0.2, 0.25) is 15.1 Å². The Morgan fingerprint density at radius 2 is 1.76 bits per heavy atom. The molecule has 1 heterocycles. The summed E-state index contributed by atoms with van der Waals surface area (Å²) in [6.45, 7) is 0. The van der Waals surface area contributed by atoms with Crippen molar-refractivity contribution in [1.82, 2.24) is 14.8 Å². The normalized spacial score (nSPS) is 10.8. The monoisotopic (exact) mass is 518 g/mol. The highest BCUT2D eigenvalue weighted by molar-refractivity contribution is 7.99. The first kappa shape index (κ1) is 23.4. The van der Waals surface area contributed by atoms with Crippen molar-refractivity contribution in [2.45, 2.75) is 5.16 Å². The van der Waals surface area contributed by atoms with Gasteiger partial charge in [-0.05, 0) is 54.6 Å². The van der Waals surface area contributed by atoms with E-state index in [1.165, 1.54) is 11.8 Å². The minimum Gasteiger partial charge on any atom is -0.497 e. The molecular formula is C23H17Cl3N4O2S. The van der Waals surface area contributed by atoms with Crippen LogP contribution in [-0.2, 0) is 4.79 Å². The van der Waals surface area contributed by atoms with E-state index in [0.717, 1.165) is 11.3 Å². The van der Waals surface area contributed by atoms with Gasteiger partial charge in [0.1, 0.15) is 5.75 Å². The van der Waals surface area contributed by atoms with Crippen molar-refractivity contribution in [2.24, 2.45) is 0 Å². The zero-order chi connectivity index (χ0) is 23.4. The number of nitrogens with zero attached hydrogens (tertiary/aromatic N) is 3. The number of thioether (sulfide) groups is 1. The summed E-state index contributed by atoms with van der Waals surface area (Å²) in [5.41, 5.74) is 2.08. The van der Waals surface area contributed by atoms with Gasteiger partial charge in [0.15, 0.2) is 11.0 Å². The maximum atomic E-state index is 12.6. The van der Waals surface area contributed by atoms with Gasteiger partial charge in [0.25, 0.3) is 0 Å². The standard InChI is InChI=1S/C23H17Cl3N4O2S/c1-32-18-4-2-3-14(11-18)22-28-29-23(30(22)17-8-5-15(24)6-9-17)33-13-21(31)27-20-12-16(25)7-10-19(20)26/h2-12H,13H2,1H3,(H,27,31). The van der Waals surface area contributed by atoms with E-state index in [4.69, 9.17) is 39.5 Å². The summed E-state index contributed by atoms with van der Waals surface area (Å²) >= 11 is 19.5. The predicted molar refractivity (Wildman–Crippen MR) is 134 cm³/mol. The van der Waals surface area contributed by atoms with Crippen molar-refractivity contribution >= 4 is 58.2 Å². The van der Waals surface area contributed by atoms with Crippen molar-refractivity contribution < 1.29 is 9.53 Å². The van der Waals surface area contributed by atoms with E-state index in [9.17, 15) is 4.79 Å². The van der Waals surface area contributed by atoms with Gasteiger partial charge in [0, 0.05) is 21.3 Å². The second-order valence-electron chi connectivity index (χ2n) is 6.81. The van der Waals surface area contributed by atoms with Crippen LogP contribution in [0.15, 0.2) is 71.9 Å². The van der Waals surface area contributed by atoms with Gasteiger partial charge in [-0.15, -0.1) is 10.2 Å². The van der Waals surface area contributed by atoms with Gasteiger partial charge < -0.3 is 10.1 Å². The predicted octanol–water partition coefficient (Wildman–Crippen LogP) is 6.63. The highest BCUT2D eigenvalue weighted by Gasteiger charge is 2.18. The van der Waals surface area contributed by atoms with Crippen molar-refractivity contribution in [3.8, 4) is 22.8 Å². The number of hydrogen-bond donors (Lipinski definition) is 1. The lowest BCUT2D eigenvalue weighted by Gasteiger charge is -2.11. The number of ether oxygens (including phenoxy) is 1. The molecule has 1 amide bonds. The molecule has 0 bridgehead atoms. The lowest BCUT2D eigenvalue weighted by Crippen LogP contribution is -2.15. The number of amides is 1. The molecule has 33 heavy (non-hydrogen) atoms. The maximum absolute atomic E-state index is 12.6. The van der Waals surface area contributed by atoms with Crippen LogP contribution in [-0.4, -0.2) is 33.5 Å². The van der Waals surface area contributed by atoms with Crippen LogP contribution < -0.4 is 10.1 Å². The molecule has 3 aromatic carbocycles. The zero-order valence-electron chi connectivity index (χ0n) is 17.3. The van der Waals surface area contributed by atoms with Gasteiger partial charge in [0.05, 0.1) is 23.6 Å². The molecule has 6 nitrogen and oxygen atoms in total. The molecule has 0 saturated carbocycles. The first-order valence-electron chi connectivity index (χ1n) is 9.68. The van der Waals surface area contributed by atoms with E-state index >= 15 is 0 Å². The summed E-state index contributed by atoms with van der Waals surface area (Å²) in [4.78, 5) is 12.6. The smallest absolute Gasteiger partial charge is 0.234 e. The van der Waals surface area contributed by atoms with Gasteiger partial charge in [-0.2, -0.15) is 0 Å². The van der Waals surface area contributed by atoms with Gasteiger partial charge in [0.2, 0.25) is 5.91 Å². The molecular weight excluding hydrogens is 503 g/mol. The number of nitrogens with one attached hydrogen (secondary N) is 1. The number of benzene rings is 3. The Morgan fingerprint density at radius 3 is 2.52 bits per heavy atom. The average Bonchev–Trinajstić information content (AvgIpc) is 3.24. The minimum atomic E-state index is -0.252. The first-order chi connectivity index (χ1) is 15.9. The SMILES string of the molecule is COc1cccc(-c2nnc(SCC(=O)Nc3cc(Cl)ccc3Cl)n2-c2ccc(Cl)cc2)c1. The molecule has 0 atom stereocenters. The van der Waals surface area contributed by atoms with Crippen LogP contribution in [0.3, 0.4) is 0 Å². The van der Waals surface area contributed by atoms with Crippen molar-refractivity contribution in [3.05, 3.63) is 81.8 Å². The Bertz CT molecular complexity index is 1300. The molecule has 168 valence electrons. The first-order valence-corrected chi connectivity index (χ1v) is 11.8. The number of carbonyl (C=O) groups is 1. The van der Waals surface area contributed by atoms with E-state index in [1.54, 1.807) is 37.4 Å². The molecule has 4 rings (SSSR count). The number of rotatable bonds is 7. The topological polar surface area (TPSA) is 69.0 Å². The largest absolute Gasteiger partial charge is 0.497 e. The summed E-state index contributed by atoms with van der Waals surface area (Å²) in [6, 6.07) is 19.7. The summed E-state index contributed by atoms with van der Waals surface area (Å²) in [7, 11) is 1.61. The second kappa shape index (κ2) is 10.5. The molecule has 0 radical (unpaired) electrons. The fourth-order valence-electron chi connectivity index (χ4n) is 3.05. The fraction of sp³-hybridized carbons (Fsp3) is 0.0870. The van der Waals surface area contributed by atoms with Gasteiger partial charge in [-0.25, -0.2) is 0 Å². The van der Waals surface area contributed by atoms with Crippen molar-refractivity contribution in [2.75, 3.05) is 18.2 Å². The third-order valence-corrected chi connectivity index (χ3v) is 6.33. The number of anilines is 1. The van der Waals surface area contributed by atoms with Gasteiger partial charge in [-0.1, -0.05) is 58.7 Å². The maximum Gasteiger partial charge on any atom is 0.234 e. The molecule has 0 spiro atoms. The molecule has 0 saturated heterocycles. The molecule has 0 aliphatic carbocycles. The van der Waals surface area contributed by atoms with E-state index in [1.807, 2.05) is 41.0 Å². The van der Waals surface area contributed by atoms with Crippen LogP contribution in [0.25, 0.3) is 17.1 Å². The Balaban J connectivity index is 1.62. The lowest BCUT2D eigenvalue weighted by molar-refractivity contribution is -0.113. The molecule has 0 aliphatic rings. The van der Waals surface area contributed by atoms with Crippen LogP contribution in [0, 0.1) is 0 Å². The van der Waals surface area contributed by atoms with Crippen molar-refractivity contribution in [3.63, 3.8) is 0 Å². The van der Waals surface area contributed by atoms with Crippen LogP contribution in [0.1, 0.15) is 0 Å². The van der Waals surface area contributed by atoms with Gasteiger partial charge in [-0.3, -0.25) is 9.36 Å². The quantitative estimate of drug-likeness (QED) is 0.277. The molecule has 1 aromatic heterocycles. The fourth-order valence-corrected chi connectivity index (χ4v) is 4.26. The van der Waals surface area contributed by atoms with Crippen LogP contribution >= 0.6 is 46.6 Å². The van der Waals surface area contributed by atoms with Crippen LogP contribution in [0.4, 0.5) is 5.69 Å². The summed E-state index contributed by atoms with van der Waals surface area (Å²) in [6.07, 6.45) is 0. The number of halogens is 3. The lowest BCUT2D eigenvalue weighted by atomic mass is 10.2. The number of hydrogen-bond acceptors (Lipinski definition) is 5. The Hall–Kier alpha value is -2.71. The van der Waals surface area contributed by atoms with E-state index in [2.05, 4.69) is 15.5 Å². The molecule has 0 unspecified atom stereocenters. The van der Waals surface area contributed by atoms with Gasteiger partial charge >= 0.3 is 0 Å². The highest BCUT2D eigenvalue weighted by Crippen LogP contribution is 2.31. The number of aromatic nitrogens is 3. The second-order valence-corrected chi connectivity index (χ2v) is 9.03. The van der Waals surface area contributed by atoms with E-state index in [0.29, 0.717) is 37.5 Å². The Labute approximate surface area is 209 Å². The number of carbonyl (C=O) groups excluding carboxylic acids is 1. The molecule has 4 aromatic rings. The molecule has 0 fully saturated rings. The third-order valence-electron chi connectivity index (χ3n) is 4.58. The highest BCUT2D eigenvalue weighted by atomic mass is 35.5.